The fourth-order valence-electron chi connectivity index (χ4n) is 1.22. The minimum absolute atomic E-state index is 0.00668. The van der Waals surface area contributed by atoms with E-state index in [2.05, 4.69) is 6.58 Å². The summed E-state index contributed by atoms with van der Waals surface area (Å²) in [5.74, 6) is 0.0935. The fraction of sp³-hybridized carbons (Fsp3) is 0.462. The molecule has 2 N–H and O–H groups in total. The van der Waals surface area contributed by atoms with Crippen molar-refractivity contribution in [2.24, 2.45) is 11.7 Å². The predicted molar refractivity (Wildman–Crippen MR) is 65.5 cm³/mol. The molecule has 0 radical (unpaired) electrons. The average molecular weight is 207 g/mol. The third kappa shape index (κ3) is 5.33. The van der Waals surface area contributed by atoms with E-state index in [1.165, 1.54) is 0 Å². The van der Waals surface area contributed by atoms with Crippen LogP contribution in [-0.2, 0) is 4.79 Å². The van der Waals surface area contributed by atoms with Gasteiger partial charge < -0.3 is 5.73 Å². The topological polar surface area (TPSA) is 43.1 Å². The molecule has 1 atom stereocenters. The van der Waals surface area contributed by atoms with E-state index >= 15 is 0 Å². The summed E-state index contributed by atoms with van der Waals surface area (Å²) in [6, 6.07) is -0.417. The van der Waals surface area contributed by atoms with Crippen LogP contribution < -0.4 is 5.73 Å². The quantitative estimate of drug-likeness (QED) is 0.680. The summed E-state index contributed by atoms with van der Waals surface area (Å²) in [7, 11) is 0. The number of Topliss-reactive ketones (excluding diaryl/α,β-unsaturated/α-hetero) is 1. The molecule has 0 aliphatic carbocycles. The molecule has 0 rings (SSSR count). The largest absolute Gasteiger partial charge is 0.321 e. The first-order valence-electron chi connectivity index (χ1n) is 5.26. The lowest BCUT2D eigenvalue weighted by Crippen LogP contribution is -2.33. The number of carbonyl (C=O) groups excluding carboxylic acids is 1. The summed E-state index contributed by atoms with van der Waals surface area (Å²) in [5, 5.41) is 0. The number of hydrogen-bond donors (Lipinski definition) is 1. The van der Waals surface area contributed by atoms with Crippen LogP contribution in [0.15, 0.2) is 36.5 Å². The van der Waals surface area contributed by atoms with Gasteiger partial charge in [-0.25, -0.2) is 0 Å². The van der Waals surface area contributed by atoms with Crippen LogP contribution in [0.2, 0.25) is 0 Å². The molecule has 0 heterocycles. The lowest BCUT2D eigenvalue weighted by Gasteiger charge is -2.13. The van der Waals surface area contributed by atoms with Gasteiger partial charge in [-0.2, -0.15) is 0 Å². The van der Waals surface area contributed by atoms with Gasteiger partial charge in [0.2, 0.25) is 0 Å². The number of ketones is 1. The van der Waals surface area contributed by atoms with Crippen LogP contribution in [0, 0.1) is 5.92 Å². The minimum Gasteiger partial charge on any atom is -0.321 e. The molecule has 0 spiro atoms. The molecule has 0 fully saturated rings. The molecule has 0 aromatic carbocycles. The molecule has 0 aromatic heterocycles. The van der Waals surface area contributed by atoms with Crippen molar-refractivity contribution in [2.45, 2.75) is 33.2 Å². The van der Waals surface area contributed by atoms with Crippen LogP contribution in [0.5, 0.6) is 0 Å². The number of rotatable bonds is 6. The predicted octanol–water partition coefficient (Wildman–Crippen LogP) is 2.62. The van der Waals surface area contributed by atoms with Crippen molar-refractivity contribution in [2.75, 3.05) is 0 Å². The average Bonchev–Trinajstić information content (AvgIpc) is 2.22. The lowest BCUT2D eigenvalue weighted by atomic mass is 9.96. The molecule has 1 unspecified atom stereocenters. The number of hydrogen-bond acceptors (Lipinski definition) is 2. The van der Waals surface area contributed by atoms with Crippen molar-refractivity contribution in [3.8, 4) is 0 Å². The Morgan fingerprint density at radius 2 is 2.07 bits per heavy atom. The highest BCUT2D eigenvalue weighted by Gasteiger charge is 2.17. The molecule has 2 heteroatoms. The van der Waals surface area contributed by atoms with E-state index in [0.29, 0.717) is 6.42 Å². The van der Waals surface area contributed by atoms with Gasteiger partial charge in [-0.15, -0.1) is 0 Å². The van der Waals surface area contributed by atoms with Crippen LogP contribution >= 0.6 is 0 Å². The normalized spacial score (nSPS) is 14.6. The first kappa shape index (κ1) is 13.8. The standard InChI is InChI=1S/C13H21NO/c1-5-7-8-11(6-2)9-12(14)13(15)10(3)4/h5-8,10,12H,2,9,14H2,1,3-4H3/b7-5-,11-8+. The second-order valence-corrected chi connectivity index (χ2v) is 3.84. The maximum Gasteiger partial charge on any atom is 0.152 e. The molecule has 2 nitrogen and oxygen atoms in total. The molecule has 0 saturated heterocycles. The first-order valence-corrected chi connectivity index (χ1v) is 5.26. The van der Waals surface area contributed by atoms with E-state index in [1.54, 1.807) is 6.08 Å². The summed E-state index contributed by atoms with van der Waals surface area (Å²) in [6.07, 6.45) is 8.08. The molecule has 0 saturated carbocycles. The number of nitrogens with two attached hydrogens (primary N) is 1. The van der Waals surface area contributed by atoms with Gasteiger partial charge in [-0.3, -0.25) is 4.79 Å². The van der Waals surface area contributed by atoms with E-state index in [9.17, 15) is 4.79 Å². The molecule has 0 amide bonds. The monoisotopic (exact) mass is 207 g/mol. The van der Waals surface area contributed by atoms with Gasteiger partial charge in [0.25, 0.3) is 0 Å². The van der Waals surface area contributed by atoms with Crippen LogP contribution in [0.1, 0.15) is 27.2 Å². The maximum absolute atomic E-state index is 11.6. The summed E-state index contributed by atoms with van der Waals surface area (Å²) in [4.78, 5) is 11.6. The summed E-state index contributed by atoms with van der Waals surface area (Å²) >= 11 is 0. The Hall–Kier alpha value is -1.15. The van der Waals surface area contributed by atoms with Crippen molar-refractivity contribution in [3.63, 3.8) is 0 Å². The molecule has 15 heavy (non-hydrogen) atoms. The zero-order valence-electron chi connectivity index (χ0n) is 9.86. The van der Waals surface area contributed by atoms with Crippen LogP contribution in [-0.4, -0.2) is 11.8 Å². The molecular formula is C13H21NO. The van der Waals surface area contributed by atoms with Gasteiger partial charge in [0.15, 0.2) is 5.78 Å². The Bertz CT molecular complexity index is 274. The van der Waals surface area contributed by atoms with Crippen molar-refractivity contribution >= 4 is 5.78 Å². The van der Waals surface area contributed by atoms with Gasteiger partial charge in [-0.1, -0.05) is 44.7 Å². The Labute approximate surface area is 92.6 Å². The van der Waals surface area contributed by atoms with Crippen molar-refractivity contribution in [1.29, 1.82) is 0 Å². The third-order valence-electron chi connectivity index (χ3n) is 2.16. The van der Waals surface area contributed by atoms with E-state index in [0.717, 1.165) is 5.57 Å². The molecule has 0 aliphatic rings. The zero-order chi connectivity index (χ0) is 11.8. The second kappa shape index (κ2) is 7.18. The highest BCUT2D eigenvalue weighted by Crippen LogP contribution is 2.09. The van der Waals surface area contributed by atoms with Crippen molar-refractivity contribution in [3.05, 3.63) is 36.5 Å². The highest BCUT2D eigenvalue weighted by molar-refractivity contribution is 5.85. The van der Waals surface area contributed by atoms with Crippen LogP contribution in [0.4, 0.5) is 0 Å². The van der Waals surface area contributed by atoms with E-state index < -0.39 is 6.04 Å². The highest BCUT2D eigenvalue weighted by atomic mass is 16.1. The number of carbonyl (C=O) groups is 1. The van der Waals surface area contributed by atoms with E-state index in [1.807, 2.05) is 39.0 Å². The van der Waals surface area contributed by atoms with E-state index in [4.69, 9.17) is 5.73 Å². The van der Waals surface area contributed by atoms with Crippen LogP contribution in [0.3, 0.4) is 0 Å². The Balaban J connectivity index is 4.43. The van der Waals surface area contributed by atoms with Gasteiger partial charge in [-0.05, 0) is 18.9 Å². The van der Waals surface area contributed by atoms with Crippen molar-refractivity contribution in [1.82, 2.24) is 0 Å². The molecule has 0 aromatic rings. The summed E-state index contributed by atoms with van der Waals surface area (Å²) < 4.78 is 0. The Morgan fingerprint density at radius 3 is 2.47 bits per heavy atom. The second-order valence-electron chi connectivity index (χ2n) is 3.84. The minimum atomic E-state index is -0.417. The van der Waals surface area contributed by atoms with Gasteiger partial charge in [0.1, 0.15) is 0 Å². The van der Waals surface area contributed by atoms with Gasteiger partial charge in [0, 0.05) is 5.92 Å². The molecule has 0 bridgehead atoms. The summed E-state index contributed by atoms with van der Waals surface area (Å²) in [6.45, 7) is 9.38. The number of allylic oxidation sites excluding steroid dienone is 4. The smallest absolute Gasteiger partial charge is 0.152 e. The Kier molecular flexibility index (Phi) is 6.63. The van der Waals surface area contributed by atoms with Gasteiger partial charge >= 0.3 is 0 Å². The maximum atomic E-state index is 11.6. The van der Waals surface area contributed by atoms with E-state index in [-0.39, 0.29) is 11.7 Å². The molecular weight excluding hydrogens is 186 g/mol. The first-order chi connectivity index (χ1) is 7.02. The van der Waals surface area contributed by atoms with Gasteiger partial charge in [0.05, 0.1) is 6.04 Å². The SMILES string of the molecule is C=C/C(=C\C=C/C)CC(N)C(=O)C(C)C. The Morgan fingerprint density at radius 1 is 1.47 bits per heavy atom. The lowest BCUT2D eigenvalue weighted by molar-refractivity contribution is -0.123. The van der Waals surface area contributed by atoms with Crippen molar-refractivity contribution < 1.29 is 4.79 Å². The van der Waals surface area contributed by atoms with Crippen LogP contribution in [0.25, 0.3) is 0 Å². The zero-order valence-corrected chi connectivity index (χ0v) is 9.86. The summed E-state index contributed by atoms with van der Waals surface area (Å²) in [5.41, 5.74) is 6.80. The molecule has 84 valence electrons. The fourth-order valence-corrected chi connectivity index (χ4v) is 1.22. The molecule has 0 aliphatic heterocycles. The third-order valence-corrected chi connectivity index (χ3v) is 2.16.